The molecule has 0 fully saturated rings. The van der Waals surface area contributed by atoms with Crippen molar-refractivity contribution < 1.29 is 9.90 Å². The molecule has 2 heterocycles. The molecule has 2 aromatic heterocycles. The second-order valence-electron chi connectivity index (χ2n) is 5.51. The van der Waals surface area contributed by atoms with E-state index in [4.69, 9.17) is 10.1 Å². The number of hydrogen-bond acceptors (Lipinski definition) is 5. The summed E-state index contributed by atoms with van der Waals surface area (Å²) < 4.78 is 0. The summed E-state index contributed by atoms with van der Waals surface area (Å²) in [4.78, 5) is 22.3. The number of anilines is 1. The number of benzene rings is 1. The van der Waals surface area contributed by atoms with Crippen LogP contribution in [0.2, 0.25) is 0 Å². The number of aliphatic carboxylic acids is 1. The summed E-state index contributed by atoms with van der Waals surface area (Å²) in [5, 5.41) is 13.0. The van der Waals surface area contributed by atoms with Gasteiger partial charge in [0.25, 0.3) is 0 Å². The minimum atomic E-state index is -0.822. The molecule has 0 aliphatic carbocycles. The van der Waals surface area contributed by atoms with Gasteiger partial charge in [0.15, 0.2) is 0 Å². The number of thiophene rings is 1. The summed E-state index contributed by atoms with van der Waals surface area (Å²) in [5.41, 5.74) is 1.15. The molecule has 0 unspecified atom stereocenters. The first-order chi connectivity index (χ1) is 11.7. The van der Waals surface area contributed by atoms with Crippen LogP contribution in [0, 0.1) is 0 Å². The molecule has 0 spiro atoms. The molecule has 0 aliphatic rings. The first-order valence-electron chi connectivity index (χ1n) is 7.94. The van der Waals surface area contributed by atoms with E-state index in [1.165, 1.54) is 4.88 Å². The Hall–Kier alpha value is -2.47. The first-order valence-corrected chi connectivity index (χ1v) is 8.76. The van der Waals surface area contributed by atoms with E-state index in [9.17, 15) is 4.79 Å². The normalized spacial score (nSPS) is 10.9. The number of nitrogens with zero attached hydrogens (tertiary/aromatic N) is 2. The van der Waals surface area contributed by atoms with Crippen LogP contribution >= 0.6 is 11.3 Å². The fourth-order valence-corrected chi connectivity index (χ4v) is 3.46. The third-order valence-corrected chi connectivity index (χ3v) is 4.85. The van der Waals surface area contributed by atoms with Crippen molar-refractivity contribution in [3.8, 4) is 0 Å². The molecule has 0 saturated carbocycles. The zero-order chi connectivity index (χ0) is 16.9. The smallest absolute Gasteiger partial charge is 0.305 e. The highest BCUT2D eigenvalue weighted by Crippen LogP contribution is 2.29. The highest BCUT2D eigenvalue weighted by molar-refractivity contribution is 7.18. The number of carboxylic acid groups (broad SMARTS) is 1. The van der Waals surface area contributed by atoms with Gasteiger partial charge in [-0.1, -0.05) is 37.3 Å². The number of aromatic nitrogens is 2. The molecule has 0 atom stereocenters. The summed E-state index contributed by atoms with van der Waals surface area (Å²) in [6.45, 7) is 2.46. The number of nitrogens with one attached hydrogen (secondary N) is 1. The number of fused-ring (bicyclic) bond motifs is 1. The number of rotatable bonds is 7. The molecule has 0 saturated heterocycles. The van der Waals surface area contributed by atoms with Crippen LogP contribution in [0.4, 0.5) is 5.82 Å². The van der Waals surface area contributed by atoms with Crippen LogP contribution in [-0.2, 0) is 17.6 Å². The van der Waals surface area contributed by atoms with E-state index in [0.29, 0.717) is 13.0 Å². The zero-order valence-corrected chi connectivity index (χ0v) is 14.3. The van der Waals surface area contributed by atoms with E-state index >= 15 is 0 Å². The topological polar surface area (TPSA) is 75.1 Å². The molecule has 0 bridgehead atoms. The Morgan fingerprint density at radius 2 is 2.04 bits per heavy atom. The van der Waals surface area contributed by atoms with Gasteiger partial charge < -0.3 is 10.4 Å². The summed E-state index contributed by atoms with van der Waals surface area (Å²) in [6, 6.07) is 12.2. The van der Waals surface area contributed by atoms with Gasteiger partial charge in [0.2, 0.25) is 0 Å². The average molecular weight is 341 g/mol. The fourth-order valence-electron chi connectivity index (χ4n) is 2.47. The molecule has 0 radical (unpaired) electrons. The second-order valence-corrected chi connectivity index (χ2v) is 6.62. The zero-order valence-electron chi connectivity index (χ0n) is 13.5. The Kier molecular flexibility index (Phi) is 5.05. The van der Waals surface area contributed by atoms with Gasteiger partial charge in [0, 0.05) is 17.8 Å². The summed E-state index contributed by atoms with van der Waals surface area (Å²) >= 11 is 1.67. The van der Waals surface area contributed by atoms with Crippen LogP contribution in [0.15, 0.2) is 36.4 Å². The van der Waals surface area contributed by atoms with Crippen molar-refractivity contribution in [1.82, 2.24) is 9.97 Å². The monoisotopic (exact) mass is 341 g/mol. The number of carboxylic acids is 1. The lowest BCUT2D eigenvalue weighted by Gasteiger charge is -2.08. The summed E-state index contributed by atoms with van der Waals surface area (Å²) in [5.74, 6) is 0.649. The lowest BCUT2D eigenvalue weighted by Crippen LogP contribution is -2.10. The van der Waals surface area contributed by atoms with Gasteiger partial charge in [0.1, 0.15) is 16.5 Å². The molecule has 0 amide bonds. The van der Waals surface area contributed by atoms with Crippen molar-refractivity contribution >= 4 is 33.3 Å². The Labute approximate surface area is 144 Å². The summed E-state index contributed by atoms with van der Waals surface area (Å²) in [7, 11) is 0. The fraction of sp³-hybridized carbons (Fsp3) is 0.278. The third kappa shape index (κ3) is 3.89. The van der Waals surface area contributed by atoms with Crippen molar-refractivity contribution in [3.63, 3.8) is 0 Å². The van der Waals surface area contributed by atoms with Crippen molar-refractivity contribution in [3.05, 3.63) is 52.7 Å². The standard InChI is InChI=1S/C18H19N3O2S/c1-2-13-11-14-17(19-9-8-16(22)23)20-15(21-18(14)24-13)10-12-6-4-3-5-7-12/h3-7,11H,2,8-10H2,1H3,(H,22,23)(H,19,20,21). The van der Waals surface area contributed by atoms with E-state index in [-0.39, 0.29) is 6.42 Å². The van der Waals surface area contributed by atoms with Crippen LogP contribution in [0.3, 0.4) is 0 Å². The minimum absolute atomic E-state index is 0.0598. The van der Waals surface area contributed by atoms with Crippen LogP contribution in [-0.4, -0.2) is 27.6 Å². The van der Waals surface area contributed by atoms with Crippen LogP contribution in [0.1, 0.15) is 29.6 Å². The van der Waals surface area contributed by atoms with Gasteiger partial charge in [-0.25, -0.2) is 9.97 Å². The SMILES string of the molecule is CCc1cc2c(NCCC(=O)O)nc(Cc3ccccc3)nc2s1. The molecule has 24 heavy (non-hydrogen) atoms. The maximum atomic E-state index is 10.7. The van der Waals surface area contributed by atoms with Crippen LogP contribution in [0.25, 0.3) is 10.2 Å². The predicted molar refractivity (Wildman–Crippen MR) is 96.8 cm³/mol. The van der Waals surface area contributed by atoms with Gasteiger partial charge in [-0.05, 0) is 18.1 Å². The lowest BCUT2D eigenvalue weighted by molar-refractivity contribution is -0.136. The molecule has 3 rings (SSSR count). The van der Waals surface area contributed by atoms with Gasteiger partial charge in [-0.2, -0.15) is 0 Å². The summed E-state index contributed by atoms with van der Waals surface area (Å²) in [6.07, 6.45) is 1.66. The Bertz CT molecular complexity index is 846. The van der Waals surface area contributed by atoms with Crippen molar-refractivity contribution in [1.29, 1.82) is 0 Å². The van der Waals surface area contributed by atoms with Gasteiger partial charge >= 0.3 is 5.97 Å². The molecule has 5 nitrogen and oxygen atoms in total. The third-order valence-electron chi connectivity index (χ3n) is 3.67. The number of hydrogen-bond donors (Lipinski definition) is 2. The average Bonchev–Trinajstić information content (AvgIpc) is 2.99. The maximum absolute atomic E-state index is 10.7. The number of carbonyl (C=O) groups is 1. The maximum Gasteiger partial charge on any atom is 0.305 e. The molecule has 124 valence electrons. The highest BCUT2D eigenvalue weighted by Gasteiger charge is 2.12. The van der Waals surface area contributed by atoms with Gasteiger partial charge in [0.05, 0.1) is 11.8 Å². The highest BCUT2D eigenvalue weighted by atomic mass is 32.1. The van der Waals surface area contributed by atoms with E-state index in [1.54, 1.807) is 11.3 Å². The van der Waals surface area contributed by atoms with E-state index < -0.39 is 5.97 Å². The van der Waals surface area contributed by atoms with Gasteiger partial charge in [-0.15, -0.1) is 11.3 Å². The van der Waals surface area contributed by atoms with Crippen LogP contribution in [0.5, 0.6) is 0 Å². The Balaban J connectivity index is 1.93. The molecular weight excluding hydrogens is 322 g/mol. The van der Waals surface area contributed by atoms with E-state index in [1.807, 2.05) is 18.2 Å². The minimum Gasteiger partial charge on any atom is -0.481 e. The van der Waals surface area contributed by atoms with Crippen molar-refractivity contribution in [2.75, 3.05) is 11.9 Å². The molecule has 1 aromatic carbocycles. The molecular formula is C18H19N3O2S. The van der Waals surface area contributed by atoms with Crippen molar-refractivity contribution in [2.24, 2.45) is 0 Å². The second kappa shape index (κ2) is 7.40. The largest absolute Gasteiger partial charge is 0.481 e. The van der Waals surface area contributed by atoms with E-state index in [2.05, 4.69) is 35.4 Å². The number of aryl methyl sites for hydroxylation is 1. The van der Waals surface area contributed by atoms with E-state index in [0.717, 1.165) is 33.8 Å². The van der Waals surface area contributed by atoms with Crippen LogP contribution < -0.4 is 5.32 Å². The Morgan fingerprint density at radius 3 is 2.75 bits per heavy atom. The Morgan fingerprint density at radius 1 is 1.25 bits per heavy atom. The molecule has 2 N–H and O–H groups in total. The first kappa shape index (κ1) is 16.4. The van der Waals surface area contributed by atoms with Gasteiger partial charge in [-0.3, -0.25) is 4.79 Å². The van der Waals surface area contributed by atoms with Crippen molar-refractivity contribution in [2.45, 2.75) is 26.2 Å². The molecule has 3 aromatic rings. The quantitative estimate of drug-likeness (QED) is 0.685. The lowest BCUT2D eigenvalue weighted by atomic mass is 10.1. The predicted octanol–water partition coefficient (Wildman–Crippen LogP) is 3.73. The molecule has 6 heteroatoms. The molecule has 0 aliphatic heterocycles.